The number of nitrogens with one attached hydrogen (secondary N) is 1. The number of carbonyl (C=O) groups is 1. The van der Waals surface area contributed by atoms with Crippen LogP contribution in [0.2, 0.25) is 0 Å². The molecule has 0 aliphatic heterocycles. The van der Waals surface area contributed by atoms with Crippen molar-refractivity contribution in [2.75, 3.05) is 12.4 Å². The van der Waals surface area contributed by atoms with Crippen molar-refractivity contribution in [3.05, 3.63) is 46.2 Å². The van der Waals surface area contributed by atoms with Gasteiger partial charge in [-0.25, -0.2) is 0 Å². The summed E-state index contributed by atoms with van der Waals surface area (Å²) in [5.74, 6) is 0.0296. The van der Waals surface area contributed by atoms with Gasteiger partial charge in [-0.05, 0) is 36.4 Å². The normalized spacial score (nSPS) is 10.2. The summed E-state index contributed by atoms with van der Waals surface area (Å²) in [7, 11) is 1.64. The Bertz CT molecular complexity index is 548. The van der Waals surface area contributed by atoms with Crippen molar-refractivity contribution in [2.45, 2.75) is 13.0 Å². The van der Waals surface area contributed by atoms with Gasteiger partial charge in [-0.1, -0.05) is 0 Å². The summed E-state index contributed by atoms with van der Waals surface area (Å²) in [6, 6.07) is 11.5. The van der Waals surface area contributed by atoms with Gasteiger partial charge in [-0.3, -0.25) is 4.79 Å². The zero-order valence-electron chi connectivity index (χ0n) is 10.6. The van der Waals surface area contributed by atoms with Gasteiger partial charge in [0, 0.05) is 22.0 Å². The molecule has 0 spiro atoms. The van der Waals surface area contributed by atoms with Crippen molar-refractivity contribution < 1.29 is 14.6 Å². The number of ether oxygens (including phenoxy) is 1. The van der Waals surface area contributed by atoms with E-state index in [1.54, 1.807) is 7.11 Å². The van der Waals surface area contributed by atoms with Gasteiger partial charge in [-0.2, -0.15) is 0 Å². The first-order valence-corrected chi connectivity index (χ1v) is 6.66. The third-order valence-electron chi connectivity index (χ3n) is 2.60. The van der Waals surface area contributed by atoms with Crippen LogP contribution in [0.3, 0.4) is 0 Å². The Balaban J connectivity index is 1.90. The molecule has 1 heterocycles. The maximum Gasteiger partial charge on any atom is 0.308 e. The molecule has 0 radical (unpaired) electrons. The summed E-state index contributed by atoms with van der Waals surface area (Å²) in [5.41, 5.74) is 1.01. The molecule has 5 heteroatoms. The molecule has 1 aromatic heterocycles. The van der Waals surface area contributed by atoms with E-state index in [1.165, 1.54) is 11.3 Å². The minimum atomic E-state index is -0.795. The second kappa shape index (κ2) is 6.24. The van der Waals surface area contributed by atoms with Crippen LogP contribution in [-0.2, 0) is 17.8 Å². The van der Waals surface area contributed by atoms with Crippen LogP contribution in [-0.4, -0.2) is 18.2 Å². The molecular weight excluding hydrogens is 262 g/mol. The second-order valence-corrected chi connectivity index (χ2v) is 5.27. The highest BCUT2D eigenvalue weighted by molar-refractivity contribution is 7.12. The first kappa shape index (κ1) is 13.4. The summed E-state index contributed by atoms with van der Waals surface area (Å²) < 4.78 is 5.09. The molecule has 0 atom stereocenters. The first-order valence-electron chi connectivity index (χ1n) is 5.84. The van der Waals surface area contributed by atoms with E-state index in [0.717, 1.165) is 21.2 Å². The predicted molar refractivity (Wildman–Crippen MR) is 76.0 cm³/mol. The summed E-state index contributed by atoms with van der Waals surface area (Å²) >= 11 is 1.52. The molecule has 0 unspecified atom stereocenters. The number of hydrogen-bond acceptors (Lipinski definition) is 4. The van der Waals surface area contributed by atoms with E-state index in [0.29, 0.717) is 6.54 Å². The molecule has 4 nitrogen and oxygen atoms in total. The summed E-state index contributed by atoms with van der Waals surface area (Å²) in [6.07, 6.45) is 0.0905. The first-order chi connectivity index (χ1) is 9.17. The van der Waals surface area contributed by atoms with Crippen LogP contribution >= 0.6 is 11.3 Å². The van der Waals surface area contributed by atoms with E-state index in [4.69, 9.17) is 9.84 Å². The Morgan fingerprint density at radius 1 is 1.21 bits per heavy atom. The molecule has 0 aliphatic carbocycles. The van der Waals surface area contributed by atoms with Gasteiger partial charge in [-0.15, -0.1) is 11.3 Å². The van der Waals surface area contributed by atoms with Crippen molar-refractivity contribution in [2.24, 2.45) is 0 Å². The van der Waals surface area contributed by atoms with Crippen LogP contribution in [0, 0.1) is 0 Å². The van der Waals surface area contributed by atoms with Gasteiger partial charge in [0.25, 0.3) is 0 Å². The van der Waals surface area contributed by atoms with Crippen LogP contribution in [0.25, 0.3) is 0 Å². The average Bonchev–Trinajstić information content (AvgIpc) is 2.84. The van der Waals surface area contributed by atoms with Gasteiger partial charge in [0.05, 0.1) is 13.5 Å². The molecule has 0 fully saturated rings. The van der Waals surface area contributed by atoms with Crippen molar-refractivity contribution >= 4 is 23.0 Å². The second-order valence-electron chi connectivity index (χ2n) is 4.02. The molecule has 0 bridgehead atoms. The van der Waals surface area contributed by atoms with Crippen molar-refractivity contribution in [3.8, 4) is 5.75 Å². The molecule has 0 saturated heterocycles. The summed E-state index contributed by atoms with van der Waals surface area (Å²) in [5, 5.41) is 12.0. The minimum Gasteiger partial charge on any atom is -0.497 e. The van der Waals surface area contributed by atoms with E-state index >= 15 is 0 Å². The Morgan fingerprint density at radius 2 is 1.89 bits per heavy atom. The third-order valence-corrected chi connectivity index (χ3v) is 3.68. The largest absolute Gasteiger partial charge is 0.497 e. The zero-order chi connectivity index (χ0) is 13.7. The van der Waals surface area contributed by atoms with E-state index < -0.39 is 5.97 Å². The Hall–Kier alpha value is -2.01. The highest BCUT2D eigenvalue weighted by Crippen LogP contribution is 2.20. The lowest BCUT2D eigenvalue weighted by Gasteiger charge is -2.05. The van der Waals surface area contributed by atoms with Gasteiger partial charge in [0.15, 0.2) is 0 Å². The van der Waals surface area contributed by atoms with Crippen LogP contribution < -0.4 is 10.1 Å². The summed E-state index contributed by atoms with van der Waals surface area (Å²) in [6.45, 7) is 0.691. The molecular formula is C14H15NO3S. The molecule has 2 N–H and O–H groups in total. The van der Waals surface area contributed by atoms with E-state index in [1.807, 2.05) is 36.4 Å². The number of aliphatic carboxylic acids is 1. The number of hydrogen-bond donors (Lipinski definition) is 2. The quantitative estimate of drug-likeness (QED) is 0.852. The predicted octanol–water partition coefficient (Wildman–Crippen LogP) is 3.00. The number of methoxy groups -OCH3 is 1. The molecule has 0 saturated carbocycles. The van der Waals surface area contributed by atoms with Crippen LogP contribution in [0.1, 0.15) is 9.75 Å². The number of anilines is 1. The average molecular weight is 277 g/mol. The van der Waals surface area contributed by atoms with Crippen molar-refractivity contribution in [1.29, 1.82) is 0 Å². The number of rotatable bonds is 6. The fourth-order valence-electron chi connectivity index (χ4n) is 1.66. The fraction of sp³-hybridized carbons (Fsp3) is 0.214. The number of carboxylic acids is 1. The van der Waals surface area contributed by atoms with Gasteiger partial charge < -0.3 is 15.2 Å². The SMILES string of the molecule is COc1ccc(NCc2ccc(CC(=O)O)s2)cc1. The number of carboxylic acid groups (broad SMARTS) is 1. The maximum atomic E-state index is 10.6. The highest BCUT2D eigenvalue weighted by atomic mass is 32.1. The lowest BCUT2D eigenvalue weighted by Crippen LogP contribution is -1.98. The minimum absolute atomic E-state index is 0.0905. The topological polar surface area (TPSA) is 58.6 Å². The standard InChI is InChI=1S/C14H15NO3S/c1-18-11-4-2-10(3-5-11)15-9-13-7-6-12(19-13)8-14(16)17/h2-7,15H,8-9H2,1H3,(H,16,17). The molecule has 0 amide bonds. The molecule has 0 aliphatic rings. The molecule has 1 aromatic carbocycles. The van der Waals surface area contributed by atoms with Crippen molar-refractivity contribution in [3.63, 3.8) is 0 Å². The van der Waals surface area contributed by atoms with Crippen molar-refractivity contribution in [1.82, 2.24) is 0 Å². The molecule has 2 aromatic rings. The number of thiophene rings is 1. The fourth-order valence-corrected chi connectivity index (χ4v) is 2.61. The maximum absolute atomic E-state index is 10.6. The zero-order valence-corrected chi connectivity index (χ0v) is 11.4. The van der Waals surface area contributed by atoms with Gasteiger partial charge >= 0.3 is 5.97 Å². The van der Waals surface area contributed by atoms with E-state index in [2.05, 4.69) is 5.32 Å². The summed E-state index contributed by atoms with van der Waals surface area (Å²) in [4.78, 5) is 12.6. The lowest BCUT2D eigenvalue weighted by atomic mass is 10.3. The molecule has 19 heavy (non-hydrogen) atoms. The lowest BCUT2D eigenvalue weighted by molar-refractivity contribution is -0.136. The smallest absolute Gasteiger partial charge is 0.308 e. The molecule has 2 rings (SSSR count). The van der Waals surface area contributed by atoms with Gasteiger partial charge in [0.1, 0.15) is 5.75 Å². The van der Waals surface area contributed by atoms with Gasteiger partial charge in [0.2, 0.25) is 0 Å². The van der Waals surface area contributed by atoms with Crippen LogP contribution in [0.4, 0.5) is 5.69 Å². The highest BCUT2D eigenvalue weighted by Gasteiger charge is 2.04. The van der Waals surface area contributed by atoms with E-state index in [9.17, 15) is 4.79 Å². The Kier molecular flexibility index (Phi) is 4.41. The van der Waals surface area contributed by atoms with Crippen LogP contribution in [0.15, 0.2) is 36.4 Å². The Labute approximate surface area is 115 Å². The molecule has 100 valence electrons. The number of benzene rings is 1. The Morgan fingerprint density at radius 3 is 2.53 bits per heavy atom. The van der Waals surface area contributed by atoms with Crippen LogP contribution in [0.5, 0.6) is 5.75 Å². The third kappa shape index (κ3) is 3.99. The van der Waals surface area contributed by atoms with E-state index in [-0.39, 0.29) is 6.42 Å². The monoisotopic (exact) mass is 277 g/mol.